The minimum absolute atomic E-state index is 0.662. The highest BCUT2D eigenvalue weighted by atomic mass is 32.1. The average Bonchev–Trinajstić information content (AvgIpc) is 2.83. The van der Waals surface area contributed by atoms with Gasteiger partial charge in [0, 0.05) is 37.1 Å². The van der Waals surface area contributed by atoms with Crippen molar-refractivity contribution in [3.05, 3.63) is 10.6 Å². The zero-order chi connectivity index (χ0) is 13.8. The Labute approximate surface area is 120 Å². The molecule has 5 heteroatoms. The molecule has 1 N–H and O–H groups in total. The molecule has 1 aromatic rings. The van der Waals surface area contributed by atoms with Gasteiger partial charge in [-0.2, -0.15) is 0 Å². The fourth-order valence-electron chi connectivity index (χ4n) is 2.64. The van der Waals surface area contributed by atoms with Gasteiger partial charge >= 0.3 is 0 Å². The fraction of sp³-hybridized carbons (Fsp3) is 0.786. The first kappa shape index (κ1) is 14.8. The Hall–Kier alpha value is -0.650. The van der Waals surface area contributed by atoms with Crippen LogP contribution >= 0.6 is 11.3 Å². The molecule has 1 saturated heterocycles. The van der Waals surface area contributed by atoms with Crippen LogP contribution in [0.15, 0.2) is 0 Å². The Kier molecular flexibility index (Phi) is 5.19. The van der Waals surface area contributed by atoms with Gasteiger partial charge in [0.25, 0.3) is 0 Å². The Morgan fingerprint density at radius 1 is 1.37 bits per heavy atom. The summed E-state index contributed by atoms with van der Waals surface area (Å²) in [5, 5.41) is 4.46. The summed E-state index contributed by atoms with van der Waals surface area (Å²) in [7, 11) is 4.24. The van der Waals surface area contributed by atoms with Crippen LogP contribution in [0.2, 0.25) is 0 Å². The molecule has 1 aromatic heterocycles. The Morgan fingerprint density at radius 3 is 2.79 bits per heavy atom. The number of anilines is 1. The summed E-state index contributed by atoms with van der Waals surface area (Å²) in [6.07, 6.45) is 2.24. The molecule has 0 aromatic carbocycles. The highest BCUT2D eigenvalue weighted by Crippen LogP contribution is 2.28. The molecular weight excluding hydrogens is 256 g/mol. The molecule has 0 amide bonds. The number of aromatic nitrogens is 1. The van der Waals surface area contributed by atoms with Crippen LogP contribution in [0, 0.1) is 0 Å². The molecule has 0 saturated carbocycles. The van der Waals surface area contributed by atoms with Crippen molar-refractivity contribution in [3.8, 4) is 0 Å². The lowest BCUT2D eigenvalue weighted by Gasteiger charge is -2.39. The predicted molar refractivity (Wildman–Crippen MR) is 83.2 cm³/mol. The third-order valence-electron chi connectivity index (χ3n) is 3.96. The van der Waals surface area contributed by atoms with Crippen molar-refractivity contribution in [2.45, 2.75) is 39.3 Å². The van der Waals surface area contributed by atoms with E-state index < -0.39 is 0 Å². The van der Waals surface area contributed by atoms with Gasteiger partial charge in [0.15, 0.2) is 5.13 Å². The second-order valence-electron chi connectivity index (χ2n) is 5.24. The lowest BCUT2D eigenvalue weighted by molar-refractivity contribution is 0.213. The van der Waals surface area contributed by atoms with Crippen molar-refractivity contribution >= 4 is 16.5 Å². The zero-order valence-electron chi connectivity index (χ0n) is 12.6. The number of nitrogens with one attached hydrogen (secondary N) is 1. The predicted octanol–water partition coefficient (Wildman–Crippen LogP) is 1.96. The third kappa shape index (κ3) is 3.27. The molecule has 1 atom stereocenters. The summed E-state index contributed by atoms with van der Waals surface area (Å²) >= 11 is 1.86. The van der Waals surface area contributed by atoms with Gasteiger partial charge in [-0.3, -0.25) is 4.90 Å². The van der Waals surface area contributed by atoms with E-state index in [0.29, 0.717) is 6.04 Å². The van der Waals surface area contributed by atoms with Crippen molar-refractivity contribution in [2.24, 2.45) is 0 Å². The Balaban J connectivity index is 2.13. The second-order valence-corrected chi connectivity index (χ2v) is 6.30. The van der Waals surface area contributed by atoms with Gasteiger partial charge in [0.05, 0.1) is 5.69 Å². The Morgan fingerprint density at radius 2 is 2.16 bits per heavy atom. The van der Waals surface area contributed by atoms with Crippen LogP contribution in [-0.4, -0.2) is 49.7 Å². The molecule has 1 aliphatic heterocycles. The van der Waals surface area contributed by atoms with Crippen LogP contribution in [0.25, 0.3) is 0 Å². The molecule has 0 spiro atoms. The number of hydrogen-bond donors (Lipinski definition) is 1. The summed E-state index contributed by atoms with van der Waals surface area (Å²) in [6, 6.07) is 0.662. The SMILES string of the molecule is CCc1nc(N2CCN(C)C(CC)C2)sc1CNC. The maximum atomic E-state index is 4.85. The van der Waals surface area contributed by atoms with E-state index in [1.807, 2.05) is 18.4 Å². The number of hydrogen-bond acceptors (Lipinski definition) is 5. The number of piperazine rings is 1. The lowest BCUT2D eigenvalue weighted by atomic mass is 10.1. The molecule has 1 fully saturated rings. The van der Waals surface area contributed by atoms with Crippen molar-refractivity contribution in [2.75, 3.05) is 38.6 Å². The number of likely N-dealkylation sites (N-methyl/N-ethyl adjacent to an activating group) is 1. The van der Waals surface area contributed by atoms with Crippen molar-refractivity contribution in [1.82, 2.24) is 15.2 Å². The molecule has 1 unspecified atom stereocenters. The topological polar surface area (TPSA) is 31.4 Å². The van der Waals surface area contributed by atoms with Gasteiger partial charge in [-0.25, -0.2) is 4.98 Å². The first-order chi connectivity index (χ1) is 9.19. The van der Waals surface area contributed by atoms with E-state index in [4.69, 9.17) is 4.98 Å². The van der Waals surface area contributed by atoms with Crippen LogP contribution in [0.3, 0.4) is 0 Å². The van der Waals surface area contributed by atoms with Gasteiger partial charge in [-0.05, 0) is 26.9 Å². The van der Waals surface area contributed by atoms with Gasteiger partial charge in [-0.15, -0.1) is 11.3 Å². The molecule has 0 bridgehead atoms. The van der Waals surface area contributed by atoms with Crippen LogP contribution in [-0.2, 0) is 13.0 Å². The van der Waals surface area contributed by atoms with E-state index in [1.165, 1.54) is 22.1 Å². The van der Waals surface area contributed by atoms with E-state index in [0.717, 1.165) is 32.6 Å². The summed E-state index contributed by atoms with van der Waals surface area (Å²) in [5.41, 5.74) is 1.27. The van der Waals surface area contributed by atoms with E-state index in [1.54, 1.807) is 0 Å². The standard InChI is InChI=1S/C14H26N4S/c1-5-11-10-18(8-7-17(11)4)14-16-12(6-2)13(19-14)9-15-3/h11,15H,5-10H2,1-4H3. The molecule has 0 aliphatic carbocycles. The van der Waals surface area contributed by atoms with E-state index in [9.17, 15) is 0 Å². The van der Waals surface area contributed by atoms with Crippen molar-refractivity contribution in [3.63, 3.8) is 0 Å². The Bertz CT molecular complexity index is 404. The summed E-state index contributed by atoms with van der Waals surface area (Å²) < 4.78 is 0. The van der Waals surface area contributed by atoms with Gasteiger partial charge in [0.1, 0.15) is 0 Å². The van der Waals surface area contributed by atoms with Gasteiger partial charge < -0.3 is 10.2 Å². The minimum Gasteiger partial charge on any atom is -0.345 e. The van der Waals surface area contributed by atoms with Crippen LogP contribution in [0.1, 0.15) is 30.8 Å². The summed E-state index contributed by atoms with van der Waals surface area (Å²) in [4.78, 5) is 11.2. The number of rotatable bonds is 5. The zero-order valence-corrected chi connectivity index (χ0v) is 13.4. The smallest absolute Gasteiger partial charge is 0.185 e. The first-order valence-corrected chi connectivity index (χ1v) is 8.09. The second kappa shape index (κ2) is 6.68. The maximum Gasteiger partial charge on any atom is 0.185 e. The van der Waals surface area contributed by atoms with Crippen LogP contribution in [0.4, 0.5) is 5.13 Å². The average molecular weight is 282 g/mol. The molecule has 19 heavy (non-hydrogen) atoms. The molecule has 4 nitrogen and oxygen atoms in total. The molecular formula is C14H26N4S. The number of nitrogens with zero attached hydrogens (tertiary/aromatic N) is 3. The fourth-order valence-corrected chi connectivity index (χ4v) is 3.84. The van der Waals surface area contributed by atoms with Gasteiger partial charge in [-0.1, -0.05) is 13.8 Å². The highest BCUT2D eigenvalue weighted by molar-refractivity contribution is 7.15. The van der Waals surface area contributed by atoms with E-state index in [-0.39, 0.29) is 0 Å². The number of thiazole rings is 1. The minimum atomic E-state index is 0.662. The molecule has 108 valence electrons. The maximum absolute atomic E-state index is 4.85. The monoisotopic (exact) mass is 282 g/mol. The molecule has 0 radical (unpaired) electrons. The quantitative estimate of drug-likeness (QED) is 0.894. The van der Waals surface area contributed by atoms with Crippen LogP contribution < -0.4 is 10.2 Å². The summed E-state index contributed by atoms with van der Waals surface area (Å²) in [6.45, 7) is 8.76. The summed E-state index contributed by atoms with van der Waals surface area (Å²) in [5.74, 6) is 0. The highest BCUT2D eigenvalue weighted by Gasteiger charge is 2.25. The van der Waals surface area contributed by atoms with Gasteiger partial charge in [0.2, 0.25) is 0 Å². The van der Waals surface area contributed by atoms with E-state index >= 15 is 0 Å². The van der Waals surface area contributed by atoms with Crippen molar-refractivity contribution in [1.29, 1.82) is 0 Å². The molecule has 2 rings (SSSR count). The molecule has 2 heterocycles. The van der Waals surface area contributed by atoms with Crippen molar-refractivity contribution < 1.29 is 0 Å². The van der Waals surface area contributed by atoms with Crippen LogP contribution in [0.5, 0.6) is 0 Å². The first-order valence-electron chi connectivity index (χ1n) is 7.27. The normalized spacial score (nSPS) is 21.1. The van der Waals surface area contributed by atoms with E-state index in [2.05, 4.69) is 36.0 Å². The largest absolute Gasteiger partial charge is 0.345 e. The lowest BCUT2D eigenvalue weighted by Crippen LogP contribution is -2.51. The number of aryl methyl sites for hydroxylation is 1. The third-order valence-corrected chi connectivity index (χ3v) is 5.12. The molecule has 1 aliphatic rings.